The van der Waals surface area contributed by atoms with E-state index in [2.05, 4.69) is 10.1 Å². The molecule has 1 aromatic heterocycles. The standard InChI is InChI=1S/C20H18N2O8/c1-27-17(24)15-7-6-12(30-15)11-29-16(23)10-22-18(25)20(21-19(22)26)8-9-28-14-5-3-2-4-13(14)20/h2-7H,8-11H2,1H3,(H,21,26)/t20-/m1/s1. The molecule has 0 aliphatic carbocycles. The van der Waals surface area contributed by atoms with Gasteiger partial charge in [0.15, 0.2) is 5.54 Å². The van der Waals surface area contributed by atoms with Crippen molar-refractivity contribution in [3.8, 4) is 5.75 Å². The maximum atomic E-state index is 13.1. The summed E-state index contributed by atoms with van der Waals surface area (Å²) in [5, 5.41) is 2.71. The Balaban J connectivity index is 1.42. The second-order valence-electron chi connectivity index (χ2n) is 6.74. The third-order valence-corrected chi connectivity index (χ3v) is 4.97. The molecule has 30 heavy (non-hydrogen) atoms. The second-order valence-corrected chi connectivity index (χ2v) is 6.74. The van der Waals surface area contributed by atoms with Crippen LogP contribution in [0.2, 0.25) is 0 Å². The monoisotopic (exact) mass is 414 g/mol. The van der Waals surface area contributed by atoms with Gasteiger partial charge in [0.2, 0.25) is 5.76 Å². The summed E-state index contributed by atoms with van der Waals surface area (Å²) in [4.78, 5) is 50.0. The third kappa shape index (κ3) is 3.25. The predicted octanol–water partition coefficient (Wildman–Crippen LogP) is 1.34. The van der Waals surface area contributed by atoms with Gasteiger partial charge in [0.05, 0.1) is 13.7 Å². The Labute approximate surface area is 170 Å². The lowest BCUT2D eigenvalue weighted by atomic mass is 9.84. The average Bonchev–Trinajstić information content (AvgIpc) is 3.32. The molecule has 0 bridgehead atoms. The lowest BCUT2D eigenvalue weighted by Crippen LogP contribution is -2.47. The van der Waals surface area contributed by atoms with E-state index in [4.69, 9.17) is 13.9 Å². The summed E-state index contributed by atoms with van der Waals surface area (Å²) < 4.78 is 20.4. The van der Waals surface area contributed by atoms with Crippen LogP contribution in [0.4, 0.5) is 4.79 Å². The number of hydrogen-bond donors (Lipinski definition) is 1. The maximum absolute atomic E-state index is 13.1. The van der Waals surface area contributed by atoms with Crippen LogP contribution in [0.15, 0.2) is 40.8 Å². The number of rotatable bonds is 5. The maximum Gasteiger partial charge on any atom is 0.373 e. The Bertz CT molecular complexity index is 1030. The highest BCUT2D eigenvalue weighted by Crippen LogP contribution is 2.40. The van der Waals surface area contributed by atoms with Crippen molar-refractivity contribution in [2.75, 3.05) is 20.3 Å². The number of carbonyl (C=O) groups is 4. The highest BCUT2D eigenvalue weighted by atomic mass is 16.6. The number of hydrogen-bond acceptors (Lipinski definition) is 8. The van der Waals surface area contributed by atoms with Crippen LogP contribution in [0, 0.1) is 0 Å². The molecule has 1 N–H and O–H groups in total. The van der Waals surface area contributed by atoms with Crippen molar-refractivity contribution >= 4 is 23.9 Å². The Morgan fingerprint density at radius 3 is 2.80 bits per heavy atom. The third-order valence-electron chi connectivity index (χ3n) is 4.97. The predicted molar refractivity (Wildman–Crippen MR) is 98.3 cm³/mol. The average molecular weight is 414 g/mol. The molecule has 10 heteroatoms. The number of carbonyl (C=O) groups excluding carboxylic acids is 4. The van der Waals surface area contributed by atoms with Crippen molar-refractivity contribution in [3.63, 3.8) is 0 Å². The summed E-state index contributed by atoms with van der Waals surface area (Å²) in [5.74, 6) is -1.29. The lowest BCUT2D eigenvalue weighted by Gasteiger charge is -2.33. The Morgan fingerprint density at radius 2 is 2.00 bits per heavy atom. The summed E-state index contributed by atoms with van der Waals surface area (Å²) >= 11 is 0. The van der Waals surface area contributed by atoms with Gasteiger partial charge in [-0.25, -0.2) is 9.59 Å². The minimum Gasteiger partial charge on any atom is -0.493 e. The van der Waals surface area contributed by atoms with E-state index in [-0.39, 0.29) is 31.2 Å². The van der Waals surface area contributed by atoms with Crippen LogP contribution in [0.25, 0.3) is 0 Å². The number of methoxy groups -OCH3 is 1. The van der Waals surface area contributed by atoms with Gasteiger partial charge in [0.25, 0.3) is 5.91 Å². The first-order valence-electron chi connectivity index (χ1n) is 9.13. The van der Waals surface area contributed by atoms with Gasteiger partial charge < -0.3 is 23.9 Å². The van der Waals surface area contributed by atoms with Crippen LogP contribution in [-0.2, 0) is 31.2 Å². The molecule has 2 aliphatic heterocycles. The molecule has 1 atom stereocenters. The zero-order chi connectivity index (χ0) is 21.3. The number of fused-ring (bicyclic) bond motifs is 2. The van der Waals surface area contributed by atoms with Gasteiger partial charge in [-0.2, -0.15) is 0 Å². The number of urea groups is 1. The minimum absolute atomic E-state index is 0.0298. The first-order valence-corrected chi connectivity index (χ1v) is 9.13. The van der Waals surface area contributed by atoms with E-state index in [9.17, 15) is 19.2 Å². The van der Waals surface area contributed by atoms with E-state index >= 15 is 0 Å². The summed E-state index contributed by atoms with van der Waals surface area (Å²) in [6.45, 7) is -0.566. The molecule has 3 amide bonds. The van der Waals surface area contributed by atoms with Gasteiger partial charge in [0.1, 0.15) is 24.7 Å². The molecule has 1 saturated heterocycles. The smallest absolute Gasteiger partial charge is 0.373 e. The quantitative estimate of drug-likeness (QED) is 0.574. The Kier molecular flexibility index (Phi) is 4.90. The van der Waals surface area contributed by atoms with Crippen LogP contribution in [-0.4, -0.2) is 49.0 Å². The largest absolute Gasteiger partial charge is 0.493 e. The number of imide groups is 1. The number of nitrogens with one attached hydrogen (secondary N) is 1. The molecule has 0 radical (unpaired) electrons. The summed E-state index contributed by atoms with van der Waals surface area (Å²) in [6.07, 6.45) is 0.253. The molecular formula is C20H18N2O8. The van der Waals surface area contributed by atoms with Crippen molar-refractivity contribution in [2.45, 2.75) is 18.6 Å². The number of esters is 2. The Morgan fingerprint density at radius 1 is 1.20 bits per heavy atom. The molecule has 1 spiro atoms. The minimum atomic E-state index is -1.26. The number of amides is 3. The van der Waals surface area contributed by atoms with Crippen LogP contribution in [0.1, 0.15) is 28.3 Å². The number of para-hydroxylation sites is 1. The van der Waals surface area contributed by atoms with E-state index in [1.165, 1.54) is 19.2 Å². The highest BCUT2D eigenvalue weighted by molar-refractivity contribution is 6.09. The summed E-state index contributed by atoms with van der Waals surface area (Å²) in [6, 6.07) is 9.12. The van der Waals surface area contributed by atoms with Crippen LogP contribution in [0.5, 0.6) is 5.75 Å². The van der Waals surface area contributed by atoms with Gasteiger partial charge in [-0.1, -0.05) is 18.2 Å². The van der Waals surface area contributed by atoms with Crippen molar-refractivity contribution in [3.05, 3.63) is 53.5 Å². The van der Waals surface area contributed by atoms with E-state index in [0.717, 1.165) is 4.90 Å². The molecule has 10 nitrogen and oxygen atoms in total. The molecule has 1 fully saturated rings. The van der Waals surface area contributed by atoms with Crippen molar-refractivity contribution < 1.29 is 37.8 Å². The molecule has 0 unspecified atom stereocenters. The van der Waals surface area contributed by atoms with E-state index in [1.807, 2.05) is 0 Å². The van der Waals surface area contributed by atoms with E-state index in [0.29, 0.717) is 11.3 Å². The lowest BCUT2D eigenvalue weighted by molar-refractivity contribution is -0.149. The molecule has 4 rings (SSSR count). The first kappa shape index (κ1) is 19.5. The fourth-order valence-corrected chi connectivity index (χ4v) is 3.51. The molecule has 2 aliphatic rings. The molecule has 3 heterocycles. The van der Waals surface area contributed by atoms with Gasteiger partial charge >= 0.3 is 18.0 Å². The van der Waals surface area contributed by atoms with Crippen LogP contribution in [0.3, 0.4) is 0 Å². The number of ether oxygens (including phenoxy) is 3. The van der Waals surface area contributed by atoms with Crippen LogP contribution < -0.4 is 10.1 Å². The molecule has 156 valence electrons. The van der Waals surface area contributed by atoms with Gasteiger partial charge in [0, 0.05) is 12.0 Å². The number of furan rings is 1. The molecule has 2 aromatic rings. The van der Waals surface area contributed by atoms with Crippen molar-refractivity contribution in [1.82, 2.24) is 10.2 Å². The normalized spacial score (nSPS) is 19.8. The number of benzene rings is 1. The second kappa shape index (κ2) is 7.54. The van der Waals surface area contributed by atoms with Gasteiger partial charge in [-0.3, -0.25) is 14.5 Å². The zero-order valence-corrected chi connectivity index (χ0v) is 16.0. The van der Waals surface area contributed by atoms with Crippen LogP contribution >= 0.6 is 0 Å². The Hall–Kier alpha value is -3.82. The van der Waals surface area contributed by atoms with Gasteiger partial charge in [-0.15, -0.1) is 0 Å². The fraction of sp³-hybridized carbons (Fsp3) is 0.300. The van der Waals surface area contributed by atoms with E-state index in [1.54, 1.807) is 24.3 Å². The summed E-state index contributed by atoms with van der Waals surface area (Å²) in [7, 11) is 1.21. The molecule has 0 saturated carbocycles. The fourth-order valence-electron chi connectivity index (χ4n) is 3.51. The molecular weight excluding hydrogens is 396 g/mol. The van der Waals surface area contributed by atoms with Crippen molar-refractivity contribution in [2.24, 2.45) is 0 Å². The van der Waals surface area contributed by atoms with E-state index < -0.39 is 36.0 Å². The number of nitrogens with zero attached hydrogens (tertiary/aromatic N) is 1. The highest BCUT2D eigenvalue weighted by Gasteiger charge is 2.55. The summed E-state index contributed by atoms with van der Waals surface area (Å²) in [5.41, 5.74) is -0.709. The van der Waals surface area contributed by atoms with Gasteiger partial charge in [-0.05, 0) is 18.2 Å². The first-order chi connectivity index (χ1) is 14.4. The molecule has 1 aromatic carbocycles. The zero-order valence-electron chi connectivity index (χ0n) is 16.0. The topological polar surface area (TPSA) is 124 Å². The van der Waals surface area contributed by atoms with Crippen molar-refractivity contribution in [1.29, 1.82) is 0 Å². The SMILES string of the molecule is COC(=O)c1ccc(COC(=O)CN2C(=O)N[C@@]3(CCOc4ccccc43)C2=O)o1.